The summed E-state index contributed by atoms with van der Waals surface area (Å²) in [7, 11) is -8.70. The Balaban J connectivity index is 2.59. The van der Waals surface area contributed by atoms with Crippen molar-refractivity contribution in [2.75, 3.05) is 0 Å². The Bertz CT molecular complexity index is 921. The number of hydrogen-bond donors (Lipinski definition) is 0. The first kappa shape index (κ1) is 19.6. The van der Waals surface area contributed by atoms with Gasteiger partial charge < -0.3 is 4.13 Å². The SMILES string of the molecule is Cc1cc(C)c(S(=O)(=O)[N-]S(=O)(=O)c2c(C)cc(C)cc2C)c(C)c1. The second-order valence-electron chi connectivity index (χ2n) is 6.48. The van der Waals surface area contributed by atoms with Gasteiger partial charge in [0.25, 0.3) is 0 Å². The summed E-state index contributed by atoms with van der Waals surface area (Å²) >= 11 is 0. The Morgan fingerprint density at radius 1 is 0.560 bits per heavy atom. The van der Waals surface area contributed by atoms with Crippen molar-refractivity contribution in [3.63, 3.8) is 0 Å². The monoisotopic (exact) mass is 380 g/mol. The van der Waals surface area contributed by atoms with E-state index in [4.69, 9.17) is 0 Å². The Morgan fingerprint density at radius 3 is 1.04 bits per heavy atom. The lowest BCUT2D eigenvalue weighted by molar-refractivity contribution is 0.594. The van der Waals surface area contributed by atoms with E-state index >= 15 is 0 Å². The van der Waals surface area contributed by atoms with Crippen molar-refractivity contribution in [2.45, 2.75) is 51.3 Å². The lowest BCUT2D eigenvalue weighted by atomic mass is 10.1. The minimum atomic E-state index is -4.35. The van der Waals surface area contributed by atoms with Gasteiger partial charge in [0.1, 0.15) is 20.0 Å². The van der Waals surface area contributed by atoms with Crippen LogP contribution in [-0.2, 0) is 20.0 Å². The van der Waals surface area contributed by atoms with Crippen molar-refractivity contribution in [2.24, 2.45) is 0 Å². The van der Waals surface area contributed by atoms with E-state index < -0.39 is 20.0 Å². The van der Waals surface area contributed by atoms with Crippen molar-refractivity contribution in [3.05, 3.63) is 61.8 Å². The molecule has 0 N–H and O–H groups in total. The molecule has 25 heavy (non-hydrogen) atoms. The van der Waals surface area contributed by atoms with Crippen LogP contribution >= 0.6 is 0 Å². The van der Waals surface area contributed by atoms with E-state index in [1.165, 1.54) is 0 Å². The summed E-state index contributed by atoms with van der Waals surface area (Å²) in [6.07, 6.45) is 0. The van der Waals surface area contributed by atoms with Gasteiger partial charge in [0.15, 0.2) is 0 Å². The fraction of sp³-hybridized carbons (Fsp3) is 0.333. The van der Waals surface area contributed by atoms with Gasteiger partial charge >= 0.3 is 0 Å². The second-order valence-corrected chi connectivity index (χ2v) is 9.79. The maximum Gasteiger partial charge on any atom is 0.113 e. The lowest BCUT2D eigenvalue weighted by Gasteiger charge is -2.25. The molecular formula is C18H22NO4S2-. The van der Waals surface area contributed by atoms with Gasteiger partial charge in [-0.05, 0) is 63.8 Å². The fourth-order valence-corrected chi connectivity index (χ4v) is 6.84. The van der Waals surface area contributed by atoms with E-state index in [0.29, 0.717) is 22.3 Å². The van der Waals surface area contributed by atoms with Gasteiger partial charge in [-0.2, -0.15) is 0 Å². The number of sulfonamides is 2. The zero-order valence-electron chi connectivity index (χ0n) is 15.2. The molecule has 0 atom stereocenters. The molecule has 0 unspecified atom stereocenters. The molecule has 0 aliphatic heterocycles. The standard InChI is InChI=1S/C18H22NO4S2/c1-11-7-13(3)17(14(4)8-11)24(20,21)19-25(22,23)18-15(5)9-12(2)10-16(18)6/h7-10H,1-6H3/q-1. The van der Waals surface area contributed by atoms with Crippen LogP contribution in [0.15, 0.2) is 34.1 Å². The van der Waals surface area contributed by atoms with Gasteiger partial charge in [-0.25, -0.2) is 16.8 Å². The van der Waals surface area contributed by atoms with Crippen LogP contribution in [0.25, 0.3) is 4.13 Å². The summed E-state index contributed by atoms with van der Waals surface area (Å²) in [6.45, 7) is 10.2. The van der Waals surface area contributed by atoms with E-state index in [-0.39, 0.29) is 9.79 Å². The van der Waals surface area contributed by atoms with Crippen LogP contribution in [0.2, 0.25) is 0 Å². The highest BCUT2D eigenvalue weighted by Crippen LogP contribution is 2.33. The molecule has 0 spiro atoms. The average Bonchev–Trinajstić information content (AvgIpc) is 2.32. The minimum absolute atomic E-state index is 0.0518. The van der Waals surface area contributed by atoms with Gasteiger partial charge in [-0.3, -0.25) is 0 Å². The van der Waals surface area contributed by atoms with Crippen molar-refractivity contribution < 1.29 is 16.8 Å². The molecule has 0 radical (unpaired) electrons. The molecule has 2 aromatic rings. The predicted octanol–water partition coefficient (Wildman–Crippen LogP) is 3.99. The highest BCUT2D eigenvalue weighted by atomic mass is 32.3. The van der Waals surface area contributed by atoms with Crippen molar-refractivity contribution in [3.8, 4) is 0 Å². The van der Waals surface area contributed by atoms with Gasteiger partial charge in [0, 0.05) is 0 Å². The first-order valence-electron chi connectivity index (χ1n) is 7.75. The quantitative estimate of drug-likeness (QED) is 0.803. The number of nitrogens with zero attached hydrogens (tertiary/aromatic N) is 1. The average molecular weight is 381 g/mol. The third kappa shape index (κ3) is 3.94. The van der Waals surface area contributed by atoms with E-state index in [2.05, 4.69) is 4.13 Å². The Morgan fingerprint density at radius 2 is 0.800 bits per heavy atom. The second kappa shape index (κ2) is 6.55. The molecule has 0 bridgehead atoms. The molecule has 136 valence electrons. The Labute approximate surface area is 150 Å². The van der Waals surface area contributed by atoms with Gasteiger partial charge in [0.2, 0.25) is 0 Å². The van der Waals surface area contributed by atoms with Crippen LogP contribution in [0.4, 0.5) is 0 Å². The first-order chi connectivity index (χ1) is 11.3. The molecule has 7 heteroatoms. The van der Waals surface area contributed by atoms with Crippen LogP contribution < -0.4 is 0 Å². The number of rotatable bonds is 4. The summed E-state index contributed by atoms with van der Waals surface area (Å²) in [5.41, 5.74) is 3.73. The summed E-state index contributed by atoms with van der Waals surface area (Å²) in [5.74, 6) is 0. The summed E-state index contributed by atoms with van der Waals surface area (Å²) in [4.78, 5) is -0.104. The zero-order valence-corrected chi connectivity index (χ0v) is 16.8. The third-order valence-electron chi connectivity index (χ3n) is 3.92. The molecule has 0 aliphatic rings. The molecule has 2 aromatic carbocycles. The van der Waals surface area contributed by atoms with Crippen LogP contribution in [0, 0.1) is 41.5 Å². The summed E-state index contributed by atoms with van der Waals surface area (Å²) in [5, 5.41) is 0. The van der Waals surface area contributed by atoms with Crippen molar-refractivity contribution in [1.29, 1.82) is 0 Å². The highest BCUT2D eigenvalue weighted by Gasteiger charge is 2.20. The van der Waals surface area contributed by atoms with Crippen molar-refractivity contribution in [1.82, 2.24) is 0 Å². The minimum Gasteiger partial charge on any atom is -0.428 e. The van der Waals surface area contributed by atoms with Gasteiger partial charge in [-0.1, -0.05) is 35.4 Å². The Hall–Kier alpha value is -1.70. The molecule has 0 fully saturated rings. The van der Waals surface area contributed by atoms with Crippen LogP contribution in [0.5, 0.6) is 0 Å². The van der Waals surface area contributed by atoms with E-state index in [1.807, 2.05) is 13.8 Å². The largest absolute Gasteiger partial charge is 0.428 e. The summed E-state index contributed by atoms with van der Waals surface area (Å²) in [6, 6.07) is 6.80. The van der Waals surface area contributed by atoms with Gasteiger partial charge in [-0.15, -0.1) is 0 Å². The molecule has 0 heterocycles. The smallest absolute Gasteiger partial charge is 0.113 e. The molecule has 0 aliphatic carbocycles. The van der Waals surface area contributed by atoms with Crippen molar-refractivity contribution >= 4 is 20.0 Å². The Kier molecular flexibility index (Phi) is 5.14. The van der Waals surface area contributed by atoms with Crippen LogP contribution in [0.3, 0.4) is 0 Å². The normalized spacial score (nSPS) is 12.4. The highest BCUT2D eigenvalue weighted by molar-refractivity contribution is 8.12. The maximum atomic E-state index is 12.7. The lowest BCUT2D eigenvalue weighted by Crippen LogP contribution is -2.13. The fourth-order valence-electron chi connectivity index (χ4n) is 3.35. The van der Waals surface area contributed by atoms with E-state index in [9.17, 15) is 16.8 Å². The number of hydrogen-bond acceptors (Lipinski definition) is 4. The van der Waals surface area contributed by atoms with Crippen LogP contribution in [-0.4, -0.2) is 16.8 Å². The van der Waals surface area contributed by atoms with E-state index in [1.54, 1.807) is 52.0 Å². The molecule has 0 saturated carbocycles. The van der Waals surface area contributed by atoms with E-state index in [0.717, 1.165) is 11.1 Å². The molecule has 0 saturated heterocycles. The predicted molar refractivity (Wildman–Crippen MR) is 99.0 cm³/mol. The van der Waals surface area contributed by atoms with Crippen LogP contribution in [0.1, 0.15) is 33.4 Å². The third-order valence-corrected chi connectivity index (χ3v) is 7.81. The molecule has 2 rings (SSSR count). The maximum absolute atomic E-state index is 12.7. The molecule has 0 aromatic heterocycles. The van der Waals surface area contributed by atoms with Gasteiger partial charge in [0.05, 0.1) is 9.79 Å². The molecule has 0 amide bonds. The topological polar surface area (TPSA) is 82.4 Å². The summed E-state index contributed by atoms with van der Waals surface area (Å²) < 4.78 is 54.2. The number of aryl methyl sites for hydroxylation is 6. The molecular weight excluding hydrogens is 358 g/mol. The number of benzene rings is 2. The first-order valence-corrected chi connectivity index (χ1v) is 10.6. The zero-order chi connectivity index (χ0) is 19.2. The molecule has 5 nitrogen and oxygen atoms in total.